The lowest BCUT2D eigenvalue weighted by molar-refractivity contribution is 0.138. The Hall–Kier alpha value is -1.36. The molecule has 0 saturated heterocycles. The summed E-state index contributed by atoms with van der Waals surface area (Å²) in [5.41, 5.74) is 5.72. The topological polar surface area (TPSA) is 70.1 Å². The Kier molecular flexibility index (Phi) is 4.36. The van der Waals surface area contributed by atoms with Crippen LogP contribution in [0.25, 0.3) is 0 Å². The maximum Gasteiger partial charge on any atom is 0.313 e. The fraction of sp³-hybridized carbons (Fsp3) is 0.692. The first kappa shape index (κ1) is 13.1. The molecule has 1 aromatic rings. The van der Waals surface area contributed by atoms with Gasteiger partial charge in [-0.15, -0.1) is 0 Å². The van der Waals surface area contributed by atoms with Gasteiger partial charge in [0.25, 0.3) is 5.88 Å². The number of aryl methyl sites for hydroxylation is 1. The largest absolute Gasteiger partial charge is 0.470 e. The highest BCUT2D eigenvalue weighted by molar-refractivity contribution is 5.05. The monoisotopic (exact) mass is 251 g/mol. The van der Waals surface area contributed by atoms with Crippen LogP contribution in [0.5, 0.6) is 5.88 Å². The summed E-state index contributed by atoms with van der Waals surface area (Å²) in [6.45, 7) is 2.74. The number of nitrogens with two attached hydrogens (primary N) is 1. The van der Waals surface area contributed by atoms with E-state index in [-0.39, 0.29) is 23.6 Å². The van der Waals surface area contributed by atoms with Gasteiger partial charge in [0.05, 0.1) is 0 Å². The maximum atomic E-state index is 12.0. The number of nitrogens with zero attached hydrogens (tertiary/aromatic N) is 2. The third-order valence-electron chi connectivity index (χ3n) is 3.34. The summed E-state index contributed by atoms with van der Waals surface area (Å²) in [4.78, 5) is 16.1. The molecule has 1 aliphatic carbocycles. The number of rotatable bonds is 4. The molecule has 1 heterocycles. The molecule has 0 amide bonds. The molecule has 0 bridgehead atoms. The van der Waals surface area contributed by atoms with Gasteiger partial charge in [-0.1, -0.05) is 6.92 Å². The maximum absolute atomic E-state index is 12.0. The van der Waals surface area contributed by atoms with Crippen molar-refractivity contribution >= 4 is 0 Å². The van der Waals surface area contributed by atoms with Crippen LogP contribution in [0.2, 0.25) is 0 Å². The molecule has 0 radical (unpaired) electrons. The van der Waals surface area contributed by atoms with Crippen LogP contribution in [0, 0.1) is 0 Å². The lowest BCUT2D eigenvalue weighted by Gasteiger charge is -2.26. The Morgan fingerprint density at radius 1 is 1.44 bits per heavy atom. The predicted octanol–water partition coefficient (Wildman–Crippen LogP) is 1.30. The molecule has 18 heavy (non-hydrogen) atoms. The van der Waals surface area contributed by atoms with Crippen LogP contribution < -0.4 is 16.0 Å². The summed E-state index contributed by atoms with van der Waals surface area (Å²) in [5.74, 6) is 0.228. The fourth-order valence-corrected chi connectivity index (χ4v) is 2.29. The van der Waals surface area contributed by atoms with Gasteiger partial charge >= 0.3 is 5.56 Å². The van der Waals surface area contributed by atoms with E-state index >= 15 is 0 Å². The van der Waals surface area contributed by atoms with E-state index in [0.717, 1.165) is 32.1 Å². The highest BCUT2D eigenvalue weighted by atomic mass is 16.5. The van der Waals surface area contributed by atoms with Crippen molar-refractivity contribution in [2.24, 2.45) is 5.73 Å². The highest BCUT2D eigenvalue weighted by Gasteiger charge is 2.21. The Bertz CT molecular complexity index is 436. The van der Waals surface area contributed by atoms with E-state index in [4.69, 9.17) is 10.5 Å². The van der Waals surface area contributed by atoms with E-state index in [0.29, 0.717) is 6.54 Å². The smallest absolute Gasteiger partial charge is 0.313 e. The SMILES string of the molecule is CCCn1ccnc(OC2CCC(N)CC2)c1=O. The van der Waals surface area contributed by atoms with Crippen molar-refractivity contribution < 1.29 is 4.74 Å². The first-order chi connectivity index (χ1) is 8.70. The molecule has 1 aliphatic rings. The standard InChI is InChI=1S/C13H21N3O2/c1-2-8-16-9-7-15-12(13(16)17)18-11-5-3-10(14)4-6-11/h7,9-11H,2-6,8,14H2,1H3. The summed E-state index contributed by atoms with van der Waals surface area (Å²) in [7, 11) is 0. The molecule has 0 aliphatic heterocycles. The third-order valence-corrected chi connectivity index (χ3v) is 3.34. The number of aromatic nitrogens is 2. The molecule has 1 aromatic heterocycles. The minimum absolute atomic E-state index is 0.0856. The summed E-state index contributed by atoms with van der Waals surface area (Å²) >= 11 is 0. The van der Waals surface area contributed by atoms with Crippen molar-refractivity contribution in [2.45, 2.75) is 57.7 Å². The molecule has 1 saturated carbocycles. The molecule has 2 rings (SSSR count). The van der Waals surface area contributed by atoms with Crippen molar-refractivity contribution in [1.82, 2.24) is 9.55 Å². The second-order valence-electron chi connectivity index (χ2n) is 4.89. The predicted molar refractivity (Wildman–Crippen MR) is 69.6 cm³/mol. The zero-order valence-electron chi connectivity index (χ0n) is 10.8. The van der Waals surface area contributed by atoms with Crippen LogP contribution in [-0.4, -0.2) is 21.7 Å². The minimum Gasteiger partial charge on any atom is -0.470 e. The highest BCUT2D eigenvalue weighted by Crippen LogP contribution is 2.20. The molecule has 0 spiro atoms. The van der Waals surface area contributed by atoms with Gasteiger partial charge in [0.1, 0.15) is 6.10 Å². The quantitative estimate of drug-likeness (QED) is 0.875. The van der Waals surface area contributed by atoms with Crippen LogP contribution in [0.3, 0.4) is 0 Å². The third kappa shape index (κ3) is 3.10. The van der Waals surface area contributed by atoms with E-state index in [1.807, 2.05) is 6.92 Å². The minimum atomic E-state index is -0.130. The van der Waals surface area contributed by atoms with E-state index in [9.17, 15) is 4.79 Å². The van der Waals surface area contributed by atoms with Crippen molar-refractivity contribution in [2.75, 3.05) is 0 Å². The van der Waals surface area contributed by atoms with Gasteiger partial charge in [0, 0.05) is 25.0 Å². The average Bonchev–Trinajstić information content (AvgIpc) is 2.37. The van der Waals surface area contributed by atoms with Crippen LogP contribution in [0.1, 0.15) is 39.0 Å². The van der Waals surface area contributed by atoms with Crippen LogP contribution in [-0.2, 0) is 6.54 Å². The zero-order chi connectivity index (χ0) is 13.0. The van der Waals surface area contributed by atoms with E-state index in [1.165, 1.54) is 0 Å². The van der Waals surface area contributed by atoms with Gasteiger partial charge in [0.15, 0.2) is 0 Å². The molecule has 5 nitrogen and oxygen atoms in total. The Morgan fingerprint density at radius 2 is 2.17 bits per heavy atom. The summed E-state index contributed by atoms with van der Waals surface area (Å²) in [6, 6.07) is 0.283. The van der Waals surface area contributed by atoms with Crippen LogP contribution in [0.15, 0.2) is 17.2 Å². The van der Waals surface area contributed by atoms with Gasteiger partial charge in [-0.3, -0.25) is 4.79 Å². The van der Waals surface area contributed by atoms with Crippen molar-refractivity contribution in [3.63, 3.8) is 0 Å². The summed E-state index contributed by atoms with van der Waals surface area (Å²) in [6.07, 6.45) is 8.07. The zero-order valence-corrected chi connectivity index (χ0v) is 10.8. The molecule has 0 atom stereocenters. The second-order valence-corrected chi connectivity index (χ2v) is 4.89. The van der Waals surface area contributed by atoms with Crippen LogP contribution >= 0.6 is 0 Å². The van der Waals surface area contributed by atoms with Crippen molar-refractivity contribution in [3.8, 4) is 5.88 Å². The Morgan fingerprint density at radius 3 is 2.83 bits per heavy atom. The Labute approximate surface area is 107 Å². The Balaban J connectivity index is 2.05. The number of hydrogen-bond acceptors (Lipinski definition) is 4. The molecule has 0 unspecified atom stereocenters. The van der Waals surface area contributed by atoms with Crippen molar-refractivity contribution in [1.29, 1.82) is 0 Å². The lowest BCUT2D eigenvalue weighted by Crippen LogP contribution is -2.33. The van der Waals surface area contributed by atoms with E-state index in [1.54, 1.807) is 17.0 Å². The average molecular weight is 251 g/mol. The normalized spacial score (nSPS) is 23.9. The molecule has 0 aromatic carbocycles. The first-order valence-corrected chi connectivity index (χ1v) is 6.68. The van der Waals surface area contributed by atoms with Gasteiger partial charge in [-0.2, -0.15) is 0 Å². The molecule has 100 valence electrons. The summed E-state index contributed by atoms with van der Waals surface area (Å²) in [5, 5.41) is 0. The molecule has 5 heteroatoms. The van der Waals surface area contributed by atoms with Crippen molar-refractivity contribution in [3.05, 3.63) is 22.7 Å². The number of ether oxygens (including phenoxy) is 1. The van der Waals surface area contributed by atoms with Gasteiger partial charge in [-0.05, 0) is 32.1 Å². The first-order valence-electron chi connectivity index (χ1n) is 6.68. The second kappa shape index (κ2) is 6.00. The molecular formula is C13H21N3O2. The van der Waals surface area contributed by atoms with Gasteiger partial charge < -0.3 is 15.0 Å². The molecule has 1 fully saturated rings. The van der Waals surface area contributed by atoms with Gasteiger partial charge in [-0.25, -0.2) is 4.98 Å². The van der Waals surface area contributed by atoms with Gasteiger partial charge in [0.2, 0.25) is 0 Å². The lowest BCUT2D eigenvalue weighted by atomic mass is 9.94. The van der Waals surface area contributed by atoms with E-state index in [2.05, 4.69) is 4.98 Å². The molecule has 2 N–H and O–H groups in total. The fourth-order valence-electron chi connectivity index (χ4n) is 2.29. The summed E-state index contributed by atoms with van der Waals surface area (Å²) < 4.78 is 7.37. The number of hydrogen-bond donors (Lipinski definition) is 1. The van der Waals surface area contributed by atoms with E-state index < -0.39 is 0 Å². The van der Waals surface area contributed by atoms with Crippen LogP contribution in [0.4, 0.5) is 0 Å². The molecular weight excluding hydrogens is 230 g/mol.